The first kappa shape index (κ1) is 19.2. The molecule has 1 amide bonds. The summed E-state index contributed by atoms with van der Waals surface area (Å²) < 4.78 is 5.70. The summed E-state index contributed by atoms with van der Waals surface area (Å²) in [5.41, 5.74) is 2.30. The number of piperazine rings is 1. The molecule has 0 aliphatic carbocycles. The number of benzene rings is 2. The molecule has 1 heterocycles. The average molecular weight is 364 g/mol. The summed E-state index contributed by atoms with van der Waals surface area (Å²) in [5.74, 6) is 0.902. The molecule has 0 N–H and O–H groups in total. The standard InChI is InChI=1S/C23H28N2O2/c1-19(2)27-22-10-6-9-20(17-22)11-12-23(26)25-15-13-24(14-16-25)18-21-7-4-3-5-8-21/h3-12,17,19H,13-16,18H2,1-2H3/b12-11+. The fraction of sp³-hybridized carbons (Fsp3) is 0.348. The van der Waals surface area contributed by atoms with Crippen molar-refractivity contribution in [3.05, 3.63) is 71.8 Å². The summed E-state index contributed by atoms with van der Waals surface area (Å²) in [7, 11) is 0. The molecule has 2 aromatic carbocycles. The zero-order valence-corrected chi connectivity index (χ0v) is 16.2. The first-order chi connectivity index (χ1) is 13.1. The fourth-order valence-corrected chi connectivity index (χ4v) is 3.20. The SMILES string of the molecule is CC(C)Oc1cccc(/C=C/C(=O)N2CCN(Cc3ccccc3)CC2)c1. The number of hydrogen-bond donors (Lipinski definition) is 0. The van der Waals surface area contributed by atoms with Crippen molar-refractivity contribution in [2.24, 2.45) is 0 Å². The second-order valence-corrected chi connectivity index (χ2v) is 7.16. The normalized spacial score (nSPS) is 15.4. The van der Waals surface area contributed by atoms with Crippen molar-refractivity contribution in [1.29, 1.82) is 0 Å². The van der Waals surface area contributed by atoms with E-state index in [9.17, 15) is 4.79 Å². The number of amides is 1. The van der Waals surface area contributed by atoms with Gasteiger partial charge in [0, 0.05) is 38.8 Å². The van der Waals surface area contributed by atoms with Gasteiger partial charge in [-0.15, -0.1) is 0 Å². The second kappa shape index (κ2) is 9.38. The van der Waals surface area contributed by atoms with Crippen LogP contribution in [0.25, 0.3) is 6.08 Å². The summed E-state index contributed by atoms with van der Waals surface area (Å²) in [5, 5.41) is 0. The maximum atomic E-state index is 12.5. The van der Waals surface area contributed by atoms with Crippen molar-refractivity contribution in [2.75, 3.05) is 26.2 Å². The monoisotopic (exact) mass is 364 g/mol. The molecule has 2 aromatic rings. The molecule has 0 saturated carbocycles. The van der Waals surface area contributed by atoms with Crippen LogP contribution in [-0.4, -0.2) is 48.0 Å². The van der Waals surface area contributed by atoms with Gasteiger partial charge in [0.1, 0.15) is 5.75 Å². The Morgan fingerprint density at radius 1 is 1.04 bits per heavy atom. The Hall–Kier alpha value is -2.59. The Morgan fingerprint density at radius 3 is 2.48 bits per heavy atom. The Labute approximate surface area is 162 Å². The van der Waals surface area contributed by atoms with Crippen LogP contribution < -0.4 is 4.74 Å². The van der Waals surface area contributed by atoms with Crippen LogP contribution >= 0.6 is 0 Å². The molecule has 0 bridgehead atoms. The highest BCUT2D eigenvalue weighted by molar-refractivity contribution is 5.91. The Morgan fingerprint density at radius 2 is 1.78 bits per heavy atom. The molecule has 0 atom stereocenters. The zero-order valence-electron chi connectivity index (χ0n) is 16.2. The minimum atomic E-state index is 0.0737. The molecular formula is C23H28N2O2. The van der Waals surface area contributed by atoms with Gasteiger partial charge in [-0.3, -0.25) is 9.69 Å². The third kappa shape index (κ3) is 5.97. The minimum absolute atomic E-state index is 0.0737. The first-order valence-electron chi connectivity index (χ1n) is 9.60. The van der Waals surface area contributed by atoms with E-state index in [0.29, 0.717) is 0 Å². The van der Waals surface area contributed by atoms with Gasteiger partial charge in [0.25, 0.3) is 0 Å². The van der Waals surface area contributed by atoms with Crippen LogP contribution in [-0.2, 0) is 11.3 Å². The van der Waals surface area contributed by atoms with Crippen LogP contribution in [0.1, 0.15) is 25.0 Å². The summed E-state index contributed by atoms with van der Waals surface area (Å²) in [4.78, 5) is 16.8. The largest absolute Gasteiger partial charge is 0.491 e. The van der Waals surface area contributed by atoms with Crippen molar-refractivity contribution in [3.8, 4) is 5.75 Å². The molecule has 3 rings (SSSR count). The van der Waals surface area contributed by atoms with Crippen molar-refractivity contribution < 1.29 is 9.53 Å². The van der Waals surface area contributed by atoms with E-state index in [1.807, 2.05) is 55.2 Å². The Balaban J connectivity index is 1.50. The van der Waals surface area contributed by atoms with Crippen molar-refractivity contribution in [2.45, 2.75) is 26.5 Å². The lowest BCUT2D eigenvalue weighted by molar-refractivity contribution is -0.127. The Bertz CT molecular complexity index is 763. The number of ether oxygens (including phenoxy) is 1. The fourth-order valence-electron chi connectivity index (χ4n) is 3.20. The van der Waals surface area contributed by atoms with E-state index in [2.05, 4.69) is 29.2 Å². The smallest absolute Gasteiger partial charge is 0.246 e. The van der Waals surface area contributed by atoms with Crippen molar-refractivity contribution in [3.63, 3.8) is 0 Å². The minimum Gasteiger partial charge on any atom is -0.491 e. The molecule has 0 spiro atoms. The predicted octanol–water partition coefficient (Wildman–Crippen LogP) is 3.83. The van der Waals surface area contributed by atoms with Gasteiger partial charge in [-0.2, -0.15) is 0 Å². The third-order valence-corrected chi connectivity index (χ3v) is 4.58. The van der Waals surface area contributed by atoms with E-state index < -0.39 is 0 Å². The molecule has 0 radical (unpaired) electrons. The second-order valence-electron chi connectivity index (χ2n) is 7.16. The molecule has 1 aliphatic heterocycles. The van der Waals surface area contributed by atoms with E-state index in [-0.39, 0.29) is 12.0 Å². The molecular weight excluding hydrogens is 336 g/mol. The van der Waals surface area contributed by atoms with Crippen LogP contribution in [0.4, 0.5) is 0 Å². The van der Waals surface area contributed by atoms with E-state index in [1.165, 1.54) is 5.56 Å². The molecule has 1 fully saturated rings. The molecule has 1 saturated heterocycles. The molecule has 4 heteroatoms. The van der Waals surface area contributed by atoms with E-state index in [1.54, 1.807) is 6.08 Å². The van der Waals surface area contributed by atoms with Crippen molar-refractivity contribution >= 4 is 12.0 Å². The van der Waals surface area contributed by atoms with Crippen molar-refractivity contribution in [1.82, 2.24) is 9.80 Å². The number of hydrogen-bond acceptors (Lipinski definition) is 3. The van der Waals surface area contributed by atoms with Gasteiger partial charge in [-0.05, 0) is 43.2 Å². The van der Waals surface area contributed by atoms with Gasteiger partial charge in [0.15, 0.2) is 0 Å². The lowest BCUT2D eigenvalue weighted by atomic mass is 10.2. The predicted molar refractivity (Wildman–Crippen MR) is 110 cm³/mol. The van der Waals surface area contributed by atoms with E-state index in [4.69, 9.17) is 4.74 Å². The van der Waals surface area contributed by atoms with Gasteiger partial charge in [0.2, 0.25) is 5.91 Å². The molecule has 1 aliphatic rings. The van der Waals surface area contributed by atoms with Gasteiger partial charge in [-0.25, -0.2) is 0 Å². The van der Waals surface area contributed by atoms with E-state index in [0.717, 1.165) is 44.0 Å². The summed E-state index contributed by atoms with van der Waals surface area (Å²) in [6, 6.07) is 18.3. The lowest BCUT2D eigenvalue weighted by Crippen LogP contribution is -2.47. The number of carbonyl (C=O) groups excluding carboxylic acids is 1. The van der Waals surface area contributed by atoms with E-state index >= 15 is 0 Å². The van der Waals surface area contributed by atoms with Gasteiger partial charge in [0.05, 0.1) is 6.10 Å². The van der Waals surface area contributed by atoms with Crippen LogP contribution in [0.3, 0.4) is 0 Å². The average Bonchev–Trinajstić information content (AvgIpc) is 2.67. The molecule has 0 unspecified atom stereocenters. The Kier molecular flexibility index (Phi) is 6.66. The third-order valence-electron chi connectivity index (χ3n) is 4.58. The number of carbonyl (C=O) groups is 1. The maximum Gasteiger partial charge on any atom is 0.246 e. The molecule has 142 valence electrons. The van der Waals surface area contributed by atoms with Gasteiger partial charge in [-0.1, -0.05) is 42.5 Å². The molecule has 0 aromatic heterocycles. The topological polar surface area (TPSA) is 32.8 Å². The van der Waals surface area contributed by atoms with Crippen LogP contribution in [0.15, 0.2) is 60.7 Å². The highest BCUT2D eigenvalue weighted by Crippen LogP contribution is 2.16. The lowest BCUT2D eigenvalue weighted by Gasteiger charge is -2.34. The molecule has 27 heavy (non-hydrogen) atoms. The maximum absolute atomic E-state index is 12.5. The number of rotatable bonds is 6. The van der Waals surface area contributed by atoms with Crippen LogP contribution in [0, 0.1) is 0 Å². The molecule has 4 nitrogen and oxygen atoms in total. The number of nitrogens with zero attached hydrogens (tertiary/aromatic N) is 2. The van der Waals surface area contributed by atoms with Crippen LogP contribution in [0.5, 0.6) is 5.75 Å². The van der Waals surface area contributed by atoms with Crippen LogP contribution in [0.2, 0.25) is 0 Å². The van der Waals surface area contributed by atoms with Gasteiger partial charge >= 0.3 is 0 Å². The highest BCUT2D eigenvalue weighted by atomic mass is 16.5. The van der Waals surface area contributed by atoms with Gasteiger partial charge < -0.3 is 9.64 Å². The zero-order chi connectivity index (χ0) is 19.1. The summed E-state index contributed by atoms with van der Waals surface area (Å²) in [6.07, 6.45) is 3.67. The first-order valence-corrected chi connectivity index (χ1v) is 9.60. The summed E-state index contributed by atoms with van der Waals surface area (Å²) in [6.45, 7) is 8.31. The highest BCUT2D eigenvalue weighted by Gasteiger charge is 2.19. The quantitative estimate of drug-likeness (QED) is 0.730. The summed E-state index contributed by atoms with van der Waals surface area (Å²) >= 11 is 0.